The zero-order chi connectivity index (χ0) is 7.44. The summed E-state index contributed by atoms with van der Waals surface area (Å²) < 4.78 is 0. The van der Waals surface area contributed by atoms with Crippen molar-refractivity contribution in [3.8, 4) is 0 Å². The molecule has 9 heavy (non-hydrogen) atoms. The molecule has 0 aliphatic carbocycles. The molecule has 0 unspecified atom stereocenters. The summed E-state index contributed by atoms with van der Waals surface area (Å²) in [4.78, 5) is 10.7. The molecular weight excluding hydrogens is 118 g/mol. The minimum Gasteiger partial charge on any atom is -0.320 e. The first-order valence-electron chi connectivity index (χ1n) is 2.77. The molecular formula is C5H13N3O. The van der Waals surface area contributed by atoms with E-state index in [-0.39, 0.29) is 5.91 Å². The molecule has 1 amide bonds. The standard InChI is InChI=1S/C5H13N3O/c1-4(6)5(9)7-8(2)3/h4H,6H2,1-3H3,(H,7,9)/t4-/m1/s1. The lowest BCUT2D eigenvalue weighted by Gasteiger charge is -2.12. The summed E-state index contributed by atoms with van der Waals surface area (Å²) in [6.45, 7) is 1.64. The number of amides is 1. The molecule has 0 fully saturated rings. The van der Waals surface area contributed by atoms with Crippen LogP contribution in [0.1, 0.15) is 6.92 Å². The van der Waals surface area contributed by atoms with E-state index in [9.17, 15) is 4.79 Å². The van der Waals surface area contributed by atoms with Gasteiger partial charge >= 0.3 is 0 Å². The predicted molar refractivity (Wildman–Crippen MR) is 35.5 cm³/mol. The topological polar surface area (TPSA) is 58.4 Å². The summed E-state index contributed by atoms with van der Waals surface area (Å²) in [7, 11) is 3.47. The van der Waals surface area contributed by atoms with E-state index in [1.807, 2.05) is 0 Å². The Balaban J connectivity index is 3.51. The highest BCUT2D eigenvalue weighted by Crippen LogP contribution is 1.74. The summed E-state index contributed by atoms with van der Waals surface area (Å²) >= 11 is 0. The van der Waals surface area contributed by atoms with Gasteiger partial charge in [0.15, 0.2) is 0 Å². The maximum absolute atomic E-state index is 10.7. The van der Waals surface area contributed by atoms with Crippen molar-refractivity contribution in [2.75, 3.05) is 14.1 Å². The molecule has 0 aromatic heterocycles. The van der Waals surface area contributed by atoms with Gasteiger partial charge in [0.1, 0.15) is 0 Å². The van der Waals surface area contributed by atoms with E-state index in [4.69, 9.17) is 5.73 Å². The van der Waals surface area contributed by atoms with E-state index in [1.165, 1.54) is 0 Å². The summed E-state index contributed by atoms with van der Waals surface area (Å²) in [5.41, 5.74) is 7.76. The number of hydrogen-bond donors (Lipinski definition) is 2. The number of rotatable bonds is 2. The smallest absolute Gasteiger partial charge is 0.250 e. The van der Waals surface area contributed by atoms with Crippen LogP contribution in [-0.2, 0) is 4.79 Å². The molecule has 0 saturated heterocycles. The van der Waals surface area contributed by atoms with Crippen LogP contribution < -0.4 is 11.2 Å². The normalized spacial score (nSPS) is 13.4. The van der Waals surface area contributed by atoms with E-state index in [0.29, 0.717) is 0 Å². The molecule has 0 bridgehead atoms. The lowest BCUT2D eigenvalue weighted by Crippen LogP contribution is -2.44. The molecule has 0 aliphatic rings. The average molecular weight is 131 g/mol. The van der Waals surface area contributed by atoms with Crippen molar-refractivity contribution in [3.63, 3.8) is 0 Å². The largest absolute Gasteiger partial charge is 0.320 e. The maximum Gasteiger partial charge on any atom is 0.250 e. The van der Waals surface area contributed by atoms with E-state index in [0.717, 1.165) is 0 Å². The fourth-order valence-electron chi connectivity index (χ4n) is 0.322. The minimum atomic E-state index is -0.438. The van der Waals surface area contributed by atoms with Gasteiger partial charge in [-0.05, 0) is 6.92 Å². The quantitative estimate of drug-likeness (QED) is 0.469. The molecule has 0 aromatic carbocycles. The Bertz CT molecular complexity index is 100. The Labute approximate surface area is 55.0 Å². The van der Waals surface area contributed by atoms with Crippen molar-refractivity contribution in [2.24, 2.45) is 5.73 Å². The van der Waals surface area contributed by atoms with Crippen molar-refractivity contribution in [1.29, 1.82) is 0 Å². The Kier molecular flexibility index (Phi) is 3.19. The summed E-state index contributed by atoms with van der Waals surface area (Å²) in [6.07, 6.45) is 0. The van der Waals surface area contributed by atoms with Gasteiger partial charge in [-0.25, -0.2) is 5.01 Å². The molecule has 0 spiro atoms. The third-order valence-corrected chi connectivity index (χ3v) is 0.747. The van der Waals surface area contributed by atoms with Gasteiger partial charge < -0.3 is 5.73 Å². The van der Waals surface area contributed by atoms with Crippen LogP contribution in [0.2, 0.25) is 0 Å². The molecule has 0 rings (SSSR count). The van der Waals surface area contributed by atoms with Crippen LogP contribution in [0, 0.1) is 0 Å². The van der Waals surface area contributed by atoms with Crippen molar-refractivity contribution in [1.82, 2.24) is 10.4 Å². The fourth-order valence-corrected chi connectivity index (χ4v) is 0.322. The molecule has 0 heterocycles. The van der Waals surface area contributed by atoms with Crippen LogP contribution >= 0.6 is 0 Å². The van der Waals surface area contributed by atoms with Crippen LogP contribution in [-0.4, -0.2) is 31.1 Å². The third kappa shape index (κ3) is 3.93. The molecule has 54 valence electrons. The number of nitrogens with one attached hydrogen (secondary N) is 1. The molecule has 4 heteroatoms. The number of nitrogens with zero attached hydrogens (tertiary/aromatic N) is 1. The molecule has 0 aromatic rings. The van der Waals surface area contributed by atoms with Gasteiger partial charge in [0.2, 0.25) is 0 Å². The van der Waals surface area contributed by atoms with Crippen molar-refractivity contribution in [2.45, 2.75) is 13.0 Å². The zero-order valence-electron chi connectivity index (χ0n) is 6.01. The van der Waals surface area contributed by atoms with Gasteiger partial charge in [-0.15, -0.1) is 0 Å². The molecule has 1 atom stereocenters. The van der Waals surface area contributed by atoms with Crippen molar-refractivity contribution < 1.29 is 4.79 Å². The molecule has 4 nitrogen and oxygen atoms in total. The SMILES string of the molecule is C[C@@H](N)C(=O)NN(C)C. The highest BCUT2D eigenvalue weighted by atomic mass is 16.2. The zero-order valence-corrected chi connectivity index (χ0v) is 6.01. The average Bonchev–Trinajstić information content (AvgIpc) is 1.63. The van der Waals surface area contributed by atoms with Gasteiger partial charge in [-0.2, -0.15) is 0 Å². The van der Waals surface area contributed by atoms with E-state index < -0.39 is 6.04 Å². The van der Waals surface area contributed by atoms with Crippen LogP contribution in [0.3, 0.4) is 0 Å². The van der Waals surface area contributed by atoms with Gasteiger partial charge in [-0.3, -0.25) is 10.2 Å². The van der Waals surface area contributed by atoms with Gasteiger partial charge in [0.05, 0.1) is 6.04 Å². The minimum absolute atomic E-state index is 0.167. The number of hydrogen-bond acceptors (Lipinski definition) is 3. The molecule has 3 N–H and O–H groups in total. The third-order valence-electron chi connectivity index (χ3n) is 0.747. The Morgan fingerprint density at radius 2 is 2.11 bits per heavy atom. The van der Waals surface area contributed by atoms with Crippen molar-refractivity contribution >= 4 is 5.91 Å². The maximum atomic E-state index is 10.7. The monoisotopic (exact) mass is 131 g/mol. The van der Waals surface area contributed by atoms with Crippen LogP contribution in [0.5, 0.6) is 0 Å². The number of nitrogens with two attached hydrogens (primary N) is 1. The number of hydrazine groups is 1. The van der Waals surface area contributed by atoms with E-state index in [1.54, 1.807) is 26.0 Å². The molecule has 0 aliphatic heterocycles. The first-order chi connectivity index (χ1) is 4.04. The first-order valence-corrected chi connectivity index (χ1v) is 2.77. The Hall–Kier alpha value is -0.610. The molecule has 0 saturated carbocycles. The second-order valence-electron chi connectivity index (χ2n) is 2.16. The van der Waals surface area contributed by atoms with E-state index >= 15 is 0 Å². The second-order valence-corrected chi connectivity index (χ2v) is 2.16. The van der Waals surface area contributed by atoms with Gasteiger partial charge in [0, 0.05) is 14.1 Å². The number of carbonyl (C=O) groups is 1. The highest BCUT2D eigenvalue weighted by molar-refractivity contribution is 5.80. The second kappa shape index (κ2) is 3.42. The summed E-state index contributed by atoms with van der Waals surface area (Å²) in [5.74, 6) is -0.167. The summed E-state index contributed by atoms with van der Waals surface area (Å²) in [5, 5.41) is 1.56. The number of carbonyl (C=O) groups excluding carboxylic acids is 1. The first kappa shape index (κ1) is 8.39. The molecule has 0 radical (unpaired) electrons. The summed E-state index contributed by atoms with van der Waals surface area (Å²) in [6, 6.07) is -0.438. The van der Waals surface area contributed by atoms with Crippen LogP contribution in [0.25, 0.3) is 0 Å². The Morgan fingerprint density at radius 1 is 1.67 bits per heavy atom. The predicted octanol–water partition coefficient (Wildman–Crippen LogP) is -1.07. The van der Waals surface area contributed by atoms with Gasteiger partial charge in [0.25, 0.3) is 5.91 Å². The lowest BCUT2D eigenvalue weighted by molar-refractivity contribution is -0.125. The van der Waals surface area contributed by atoms with Crippen LogP contribution in [0.15, 0.2) is 0 Å². The van der Waals surface area contributed by atoms with Crippen molar-refractivity contribution in [3.05, 3.63) is 0 Å². The Morgan fingerprint density at radius 3 is 2.22 bits per heavy atom. The van der Waals surface area contributed by atoms with Crippen LogP contribution in [0.4, 0.5) is 0 Å². The fraction of sp³-hybridized carbons (Fsp3) is 0.800. The highest BCUT2D eigenvalue weighted by Gasteiger charge is 2.05. The van der Waals surface area contributed by atoms with E-state index in [2.05, 4.69) is 5.43 Å². The van der Waals surface area contributed by atoms with Gasteiger partial charge in [-0.1, -0.05) is 0 Å². The lowest BCUT2D eigenvalue weighted by atomic mass is 10.3.